The van der Waals surface area contributed by atoms with Crippen LogP contribution in [0.5, 0.6) is 0 Å². The number of alkyl halides is 15. The number of amides is 1. The average molecular weight is 1300 g/mol. The van der Waals surface area contributed by atoms with Crippen molar-refractivity contribution in [1.82, 2.24) is 19.9 Å². The quantitative estimate of drug-likeness (QED) is 0.0379. The largest absolute Gasteiger partial charge is 0.411 e. The van der Waals surface area contributed by atoms with Crippen molar-refractivity contribution in [2.24, 2.45) is 0 Å². The predicted octanol–water partition coefficient (Wildman–Crippen LogP) is 18.1. The first-order chi connectivity index (χ1) is 43.2. The van der Waals surface area contributed by atoms with Gasteiger partial charge in [0, 0.05) is 23.7 Å². The summed E-state index contributed by atoms with van der Waals surface area (Å²) in [5.74, 6) is -0.431. The maximum Gasteiger partial charge on any atom is 0.411 e. The third-order valence-electron chi connectivity index (χ3n) is 17.2. The van der Waals surface area contributed by atoms with E-state index in [0.717, 1.165) is 63.2 Å². The fraction of sp³-hybridized carbons (Fsp3) is 0.235. The molecule has 3 atom stereocenters. The molecule has 0 saturated carbocycles. The Hall–Kier alpha value is -9.81. The number of aromatic amines is 2. The number of nitrogens with zero attached hydrogens (tertiary/aromatic N) is 2. The molecule has 0 aliphatic heterocycles. The van der Waals surface area contributed by atoms with Gasteiger partial charge in [-0.2, -0.15) is 65.9 Å². The van der Waals surface area contributed by atoms with Crippen molar-refractivity contribution >= 4 is 56.5 Å². The molecular weight excluding hydrogens is 1250 g/mol. The van der Waals surface area contributed by atoms with E-state index < -0.39 is 69.6 Å². The number of Topliss-reactive ketones (excluding diaryl/α,β-unsaturated/α-hetero) is 1. The van der Waals surface area contributed by atoms with Crippen molar-refractivity contribution in [2.45, 2.75) is 94.1 Å². The highest BCUT2D eigenvalue weighted by atomic mass is 19.4. The van der Waals surface area contributed by atoms with Crippen LogP contribution in [0, 0.1) is 13.8 Å². The number of nitrogens with one attached hydrogen (secondary N) is 4. The fourth-order valence-corrected chi connectivity index (χ4v) is 11.3. The number of nitrogens with two attached hydrogens (primary N) is 2. The zero-order valence-electron chi connectivity index (χ0n) is 50.2. The van der Waals surface area contributed by atoms with Crippen molar-refractivity contribution in [2.75, 3.05) is 29.1 Å². The van der Waals surface area contributed by atoms with Gasteiger partial charge in [-0.15, -0.1) is 0 Å². The lowest BCUT2D eigenvalue weighted by atomic mass is 9.72. The monoisotopic (exact) mass is 1300 g/mol. The van der Waals surface area contributed by atoms with Crippen LogP contribution in [0.4, 0.5) is 88.6 Å². The molecule has 10 nitrogen and oxygen atoms in total. The van der Waals surface area contributed by atoms with Crippen LogP contribution >= 0.6 is 0 Å². The Morgan fingerprint density at radius 3 is 1.20 bits per heavy atom. The van der Waals surface area contributed by atoms with Gasteiger partial charge in [0.2, 0.25) is 5.41 Å². The van der Waals surface area contributed by atoms with Gasteiger partial charge in [0.1, 0.15) is 27.9 Å². The van der Waals surface area contributed by atoms with Crippen LogP contribution in [0.15, 0.2) is 170 Å². The molecule has 0 aliphatic rings. The first kappa shape index (κ1) is 67.6. The highest BCUT2D eigenvalue weighted by molar-refractivity contribution is 6.06. The Kier molecular flexibility index (Phi) is 17.5. The molecule has 3 unspecified atom stereocenters. The number of hydrogen-bond donors (Lipinski definition) is 6. The van der Waals surface area contributed by atoms with Gasteiger partial charge in [-0.25, -0.2) is 9.97 Å². The molecule has 486 valence electrons. The number of imidazole rings is 2. The number of ketones is 1. The van der Waals surface area contributed by atoms with Crippen LogP contribution in [0.1, 0.15) is 104 Å². The molecule has 93 heavy (non-hydrogen) atoms. The summed E-state index contributed by atoms with van der Waals surface area (Å²) in [7, 11) is 1.59. The lowest BCUT2D eigenvalue weighted by molar-refractivity contribution is -0.288. The molecule has 0 fully saturated rings. The normalized spacial score (nSPS) is 14.6. The number of anilines is 4. The second kappa shape index (κ2) is 24.0. The summed E-state index contributed by atoms with van der Waals surface area (Å²) in [5.41, 5.74) is 0.274. The summed E-state index contributed by atoms with van der Waals surface area (Å²) in [4.78, 5) is 39.0. The number of rotatable bonds is 13. The zero-order chi connectivity index (χ0) is 68.4. The van der Waals surface area contributed by atoms with Crippen LogP contribution in [-0.2, 0) is 21.7 Å². The van der Waals surface area contributed by atoms with Gasteiger partial charge in [0.25, 0.3) is 5.91 Å². The van der Waals surface area contributed by atoms with Crippen molar-refractivity contribution in [3.8, 4) is 11.4 Å². The molecule has 0 radical (unpaired) electrons. The van der Waals surface area contributed by atoms with Gasteiger partial charge >= 0.3 is 30.9 Å². The maximum atomic E-state index is 14.8. The number of hydrogen-bond acceptors (Lipinski definition) is 7. The van der Waals surface area contributed by atoms with E-state index in [9.17, 15) is 75.4 Å². The molecule has 2 heterocycles. The molecule has 10 rings (SSSR count). The number of aromatic nitrogens is 4. The summed E-state index contributed by atoms with van der Waals surface area (Å²) in [6.45, 7) is 7.60. The van der Waals surface area contributed by atoms with Crippen LogP contribution in [0.3, 0.4) is 0 Å². The molecule has 0 aliphatic carbocycles. The highest BCUT2D eigenvalue weighted by Gasteiger charge is 2.72. The Bertz CT molecular complexity index is 4400. The lowest BCUT2D eigenvalue weighted by Crippen LogP contribution is -2.54. The Balaban J connectivity index is 0.000000219. The summed E-state index contributed by atoms with van der Waals surface area (Å²) < 4.78 is 218. The van der Waals surface area contributed by atoms with Crippen LogP contribution < -0.4 is 22.1 Å². The lowest BCUT2D eigenvalue weighted by Gasteiger charge is -2.38. The van der Waals surface area contributed by atoms with Gasteiger partial charge < -0.3 is 32.1 Å². The van der Waals surface area contributed by atoms with E-state index >= 15 is 0 Å². The third-order valence-corrected chi connectivity index (χ3v) is 17.2. The van der Waals surface area contributed by atoms with Gasteiger partial charge in [0.15, 0.2) is 5.78 Å². The average Bonchev–Trinajstić information content (AvgIpc) is 0.745. The van der Waals surface area contributed by atoms with E-state index in [1.807, 2.05) is 0 Å². The molecule has 8 N–H and O–H groups in total. The number of fused-ring (bicyclic) bond motifs is 2. The molecule has 0 saturated heterocycles. The van der Waals surface area contributed by atoms with E-state index in [4.69, 9.17) is 11.5 Å². The number of benzene rings is 8. The molecule has 0 bridgehead atoms. The molecule has 1 amide bonds. The maximum absolute atomic E-state index is 14.8. The summed E-state index contributed by atoms with van der Waals surface area (Å²) >= 11 is 0. The summed E-state index contributed by atoms with van der Waals surface area (Å²) in [5, 5.41) is 5.32. The molecule has 0 spiro atoms. The zero-order valence-corrected chi connectivity index (χ0v) is 50.2. The van der Waals surface area contributed by atoms with Crippen molar-refractivity contribution < 1.29 is 75.4 Å². The van der Waals surface area contributed by atoms with Gasteiger partial charge in [-0.1, -0.05) is 115 Å². The summed E-state index contributed by atoms with van der Waals surface area (Å²) in [6, 6.07) is 33.2. The van der Waals surface area contributed by atoms with E-state index in [-0.39, 0.29) is 89.8 Å². The standard InChI is InChI=1S/C34H25F9N4.C34H32F6N4O2/c1-18-4-8-21(9-5-18)31(33(38,39)40,34(41,42)43)22-10-6-20(7-11-22)29-46-26-15-13-24(17-28(26)47-29)30(3,32(35,36)37)23-12-14-25-27(16-23)45-19(2)44-25;1-19(45)20-5-9-22(10-6-20)31(2,33(35,36)37)23-11-7-21(8-12-23)30(46)44-29-16-14-25(18-27(29)42)32(3,34(38,39)40)24-13-15-28(43-4)26(41)17-24/h4-17H,1-3H3,(H,44,45)(H,46,47);5-18,43H,41-42H2,1-4H3,(H,44,46). The fourth-order valence-electron chi connectivity index (χ4n) is 11.3. The second-order valence-corrected chi connectivity index (χ2v) is 22.9. The Labute approximate surface area is 521 Å². The summed E-state index contributed by atoms with van der Waals surface area (Å²) in [6.07, 6.45) is -25.7. The van der Waals surface area contributed by atoms with Crippen LogP contribution in [0.2, 0.25) is 0 Å². The third kappa shape index (κ3) is 12.1. The van der Waals surface area contributed by atoms with E-state index in [0.29, 0.717) is 28.1 Å². The van der Waals surface area contributed by atoms with E-state index in [2.05, 4.69) is 30.6 Å². The van der Waals surface area contributed by atoms with Crippen molar-refractivity contribution in [3.63, 3.8) is 0 Å². The number of carbonyl (C=O) groups is 2. The number of aryl methyl sites for hydroxylation is 2. The first-order valence-electron chi connectivity index (χ1n) is 28.2. The van der Waals surface area contributed by atoms with Gasteiger partial charge in [-0.3, -0.25) is 9.59 Å². The van der Waals surface area contributed by atoms with Gasteiger partial charge in [0.05, 0.1) is 44.8 Å². The first-order valence-corrected chi connectivity index (χ1v) is 28.2. The Morgan fingerprint density at radius 1 is 0.419 bits per heavy atom. The minimum atomic E-state index is -5.75. The molecular formula is C68H57F15N8O2. The molecule has 8 aromatic carbocycles. The van der Waals surface area contributed by atoms with Crippen molar-refractivity contribution in [1.29, 1.82) is 0 Å². The number of halogens is 15. The Morgan fingerprint density at radius 2 is 0.785 bits per heavy atom. The topological polar surface area (TPSA) is 168 Å². The number of nitrogen functional groups attached to an aromatic ring is 2. The van der Waals surface area contributed by atoms with Crippen molar-refractivity contribution in [3.05, 3.63) is 237 Å². The minimum Gasteiger partial charge on any atom is -0.397 e. The highest BCUT2D eigenvalue weighted by Crippen LogP contribution is 2.57. The van der Waals surface area contributed by atoms with Gasteiger partial charge in [-0.05, 0) is 147 Å². The minimum absolute atomic E-state index is 0.0103. The second-order valence-electron chi connectivity index (χ2n) is 22.9. The van der Waals surface area contributed by atoms with Crippen LogP contribution in [-0.4, -0.2) is 69.6 Å². The predicted molar refractivity (Wildman–Crippen MR) is 326 cm³/mol. The molecule has 25 heteroatoms. The molecule has 2 aromatic heterocycles. The van der Waals surface area contributed by atoms with E-state index in [1.54, 1.807) is 20.9 Å². The van der Waals surface area contributed by atoms with E-state index in [1.165, 1.54) is 134 Å². The number of carbonyl (C=O) groups excluding carboxylic acids is 2. The smallest absolute Gasteiger partial charge is 0.397 e. The SMILES string of the molecule is CNc1ccc(C(C)(c2ccc(NC(=O)c3ccc(C(C)(c4ccc(C(C)=O)cc4)C(F)(F)F)cc3)c(N)c2)C(F)(F)F)cc1N.Cc1ccc(C(c2ccc(-c3nc4ccc(C(C)(c5ccc6nc(C)[nH]c6c5)C(F)(F)F)cc4[nH]3)cc2)(C(F)(F)F)C(F)(F)F)cc1. The number of H-pyrrole nitrogens is 2. The van der Waals surface area contributed by atoms with Crippen LogP contribution in [0.25, 0.3) is 33.5 Å². The molecule has 10 aromatic rings.